The second-order valence-corrected chi connectivity index (χ2v) is 5.01. The van der Waals surface area contributed by atoms with Crippen LogP contribution < -0.4 is 5.32 Å². The number of hydrogen-bond acceptors (Lipinski definition) is 2. The van der Waals surface area contributed by atoms with E-state index in [-0.39, 0.29) is 0 Å². The van der Waals surface area contributed by atoms with Crippen molar-refractivity contribution in [2.45, 2.75) is 6.54 Å². The van der Waals surface area contributed by atoms with Crippen molar-refractivity contribution >= 4 is 37.5 Å². The second kappa shape index (κ2) is 5.46. The monoisotopic (exact) mass is 340 g/mol. The molecule has 0 aliphatic carbocycles. The van der Waals surface area contributed by atoms with Gasteiger partial charge >= 0.3 is 0 Å². The quantitative estimate of drug-likeness (QED) is 0.904. The van der Waals surface area contributed by atoms with Gasteiger partial charge in [0.05, 0.1) is 10.2 Å². The number of pyridine rings is 1. The molecule has 0 radical (unpaired) electrons. The fourth-order valence-electron chi connectivity index (χ4n) is 1.35. The molecule has 1 heterocycles. The topological polar surface area (TPSA) is 24.9 Å². The first-order chi connectivity index (χ1) is 7.77. The zero-order valence-corrected chi connectivity index (χ0v) is 11.6. The number of halogens is 2. The van der Waals surface area contributed by atoms with Crippen LogP contribution >= 0.6 is 31.9 Å². The van der Waals surface area contributed by atoms with Crippen LogP contribution in [0.4, 0.5) is 5.69 Å². The number of hydrogen-bond donors (Lipinski definition) is 1. The molecule has 2 rings (SSSR count). The minimum absolute atomic E-state index is 0.782. The van der Waals surface area contributed by atoms with Crippen molar-refractivity contribution in [1.82, 2.24) is 4.98 Å². The Morgan fingerprint density at radius 2 is 1.88 bits per heavy atom. The summed E-state index contributed by atoms with van der Waals surface area (Å²) in [5.74, 6) is 0. The second-order valence-electron chi connectivity index (χ2n) is 3.30. The summed E-state index contributed by atoms with van der Waals surface area (Å²) < 4.78 is 2.09. The molecule has 1 aromatic carbocycles. The molecule has 0 aliphatic rings. The van der Waals surface area contributed by atoms with Crippen molar-refractivity contribution in [1.29, 1.82) is 0 Å². The van der Waals surface area contributed by atoms with Gasteiger partial charge in [-0.1, -0.05) is 34.1 Å². The summed E-state index contributed by atoms with van der Waals surface area (Å²) in [6, 6.07) is 10.1. The van der Waals surface area contributed by atoms with E-state index >= 15 is 0 Å². The van der Waals surface area contributed by atoms with E-state index in [1.807, 2.05) is 24.3 Å². The fraction of sp³-hybridized carbons (Fsp3) is 0.0833. The molecule has 0 spiro atoms. The highest BCUT2D eigenvalue weighted by Crippen LogP contribution is 2.22. The van der Waals surface area contributed by atoms with Crippen molar-refractivity contribution in [2.75, 3.05) is 5.32 Å². The molecule has 4 heteroatoms. The Balaban J connectivity index is 2.09. The van der Waals surface area contributed by atoms with Crippen LogP contribution in [0, 0.1) is 0 Å². The Bertz CT molecular complexity index is 440. The summed E-state index contributed by atoms with van der Waals surface area (Å²) in [5, 5.41) is 3.35. The largest absolute Gasteiger partial charge is 0.380 e. The zero-order chi connectivity index (χ0) is 11.4. The first-order valence-electron chi connectivity index (χ1n) is 4.84. The predicted molar refractivity (Wildman–Crippen MR) is 73.4 cm³/mol. The summed E-state index contributed by atoms with van der Waals surface area (Å²) in [6.07, 6.45) is 3.55. The van der Waals surface area contributed by atoms with Crippen molar-refractivity contribution in [3.8, 4) is 0 Å². The summed E-state index contributed by atoms with van der Waals surface area (Å²) in [7, 11) is 0. The van der Waals surface area contributed by atoms with Crippen molar-refractivity contribution < 1.29 is 0 Å². The molecule has 0 amide bonds. The predicted octanol–water partition coefficient (Wildman–Crippen LogP) is 4.22. The molecule has 0 unspecified atom stereocenters. The summed E-state index contributed by atoms with van der Waals surface area (Å²) >= 11 is 6.98. The Hall–Kier alpha value is -0.870. The average Bonchev–Trinajstić information content (AvgIpc) is 2.30. The number of benzene rings is 1. The van der Waals surface area contributed by atoms with Gasteiger partial charge in [0, 0.05) is 23.4 Å². The molecular formula is C12H10Br2N2. The molecule has 16 heavy (non-hydrogen) atoms. The van der Waals surface area contributed by atoms with E-state index in [1.54, 1.807) is 12.4 Å². The molecule has 0 aliphatic heterocycles. The lowest BCUT2D eigenvalue weighted by Gasteiger charge is -2.09. The number of anilines is 1. The van der Waals surface area contributed by atoms with Gasteiger partial charge in [-0.05, 0) is 33.6 Å². The van der Waals surface area contributed by atoms with Gasteiger partial charge in [-0.25, -0.2) is 0 Å². The van der Waals surface area contributed by atoms with Gasteiger partial charge in [0.15, 0.2) is 0 Å². The highest BCUT2D eigenvalue weighted by atomic mass is 79.9. The number of aromatic nitrogens is 1. The molecule has 82 valence electrons. The van der Waals surface area contributed by atoms with E-state index in [2.05, 4.69) is 48.2 Å². The molecule has 1 N–H and O–H groups in total. The Kier molecular flexibility index (Phi) is 3.96. The van der Waals surface area contributed by atoms with E-state index in [0.29, 0.717) is 0 Å². The third-order valence-electron chi connectivity index (χ3n) is 2.20. The minimum atomic E-state index is 0.782. The van der Waals surface area contributed by atoms with Crippen LogP contribution in [0.5, 0.6) is 0 Å². The summed E-state index contributed by atoms with van der Waals surface area (Å²) in [6.45, 7) is 0.782. The minimum Gasteiger partial charge on any atom is -0.380 e. The Labute approximate surface area is 111 Å². The van der Waals surface area contributed by atoms with Gasteiger partial charge in [0.2, 0.25) is 0 Å². The van der Waals surface area contributed by atoms with Crippen molar-refractivity contribution in [2.24, 2.45) is 0 Å². The molecule has 0 bridgehead atoms. The molecule has 0 saturated carbocycles. The van der Waals surface area contributed by atoms with Gasteiger partial charge in [0.1, 0.15) is 0 Å². The average molecular weight is 342 g/mol. The van der Waals surface area contributed by atoms with Crippen molar-refractivity contribution in [3.63, 3.8) is 0 Å². The van der Waals surface area contributed by atoms with E-state index in [0.717, 1.165) is 21.2 Å². The number of rotatable bonds is 3. The van der Waals surface area contributed by atoms with Crippen LogP contribution in [-0.4, -0.2) is 4.98 Å². The molecule has 1 aromatic heterocycles. The van der Waals surface area contributed by atoms with Gasteiger partial charge in [0.25, 0.3) is 0 Å². The first-order valence-corrected chi connectivity index (χ1v) is 6.43. The third-order valence-corrected chi connectivity index (χ3v) is 3.61. The molecular weight excluding hydrogens is 332 g/mol. The third kappa shape index (κ3) is 2.83. The van der Waals surface area contributed by atoms with E-state index < -0.39 is 0 Å². The van der Waals surface area contributed by atoms with Crippen LogP contribution in [0.2, 0.25) is 0 Å². The zero-order valence-electron chi connectivity index (χ0n) is 8.45. The Morgan fingerprint density at radius 1 is 1.06 bits per heavy atom. The lowest BCUT2D eigenvalue weighted by molar-refractivity contribution is 1.13. The highest BCUT2D eigenvalue weighted by molar-refractivity contribution is 9.10. The van der Waals surface area contributed by atoms with Gasteiger partial charge in [-0.3, -0.25) is 4.98 Å². The van der Waals surface area contributed by atoms with Gasteiger partial charge in [-0.2, -0.15) is 0 Å². The maximum Gasteiger partial charge on any atom is 0.0590 e. The lowest BCUT2D eigenvalue weighted by atomic mass is 10.2. The molecule has 0 fully saturated rings. The van der Waals surface area contributed by atoms with E-state index in [9.17, 15) is 0 Å². The first kappa shape index (κ1) is 11.6. The SMILES string of the molecule is Brc1ccccc1CNc1ccncc1Br. The fourth-order valence-corrected chi connectivity index (χ4v) is 2.17. The molecule has 2 aromatic rings. The molecule has 0 saturated heterocycles. The van der Waals surface area contributed by atoms with Crippen molar-refractivity contribution in [3.05, 3.63) is 57.2 Å². The van der Waals surface area contributed by atoms with Crippen LogP contribution in [-0.2, 0) is 6.54 Å². The highest BCUT2D eigenvalue weighted by Gasteiger charge is 2.00. The van der Waals surface area contributed by atoms with Crippen LogP contribution in [0.25, 0.3) is 0 Å². The molecule has 2 nitrogen and oxygen atoms in total. The smallest absolute Gasteiger partial charge is 0.0590 e. The van der Waals surface area contributed by atoms with Gasteiger partial charge in [-0.15, -0.1) is 0 Å². The molecule has 0 atom stereocenters. The maximum absolute atomic E-state index is 4.02. The van der Waals surface area contributed by atoms with Crippen LogP contribution in [0.15, 0.2) is 51.7 Å². The van der Waals surface area contributed by atoms with Crippen LogP contribution in [0.1, 0.15) is 5.56 Å². The Morgan fingerprint density at radius 3 is 2.62 bits per heavy atom. The summed E-state index contributed by atoms with van der Waals surface area (Å²) in [5.41, 5.74) is 2.27. The number of nitrogens with one attached hydrogen (secondary N) is 1. The number of nitrogens with zero attached hydrogens (tertiary/aromatic N) is 1. The summed E-state index contributed by atoms with van der Waals surface area (Å²) in [4.78, 5) is 4.02. The maximum atomic E-state index is 4.02. The van der Waals surface area contributed by atoms with E-state index in [4.69, 9.17) is 0 Å². The van der Waals surface area contributed by atoms with Gasteiger partial charge < -0.3 is 5.32 Å². The standard InChI is InChI=1S/C12H10Br2N2/c13-10-4-2-1-3-9(10)7-16-12-5-6-15-8-11(12)14/h1-6,8H,7H2,(H,15,16). The van der Waals surface area contributed by atoms with Crippen LogP contribution in [0.3, 0.4) is 0 Å². The van der Waals surface area contributed by atoms with E-state index in [1.165, 1.54) is 5.56 Å². The lowest BCUT2D eigenvalue weighted by Crippen LogP contribution is -2.00. The normalized spacial score (nSPS) is 10.1.